The molecule has 1 aromatic rings. The summed E-state index contributed by atoms with van der Waals surface area (Å²) >= 11 is 0. The fraction of sp³-hybridized carbons (Fsp3) is 0.739. The number of methoxy groups -OCH3 is 1. The summed E-state index contributed by atoms with van der Waals surface area (Å²) in [7, 11) is -1.56. The lowest BCUT2D eigenvalue weighted by Crippen LogP contribution is -2.56. The van der Waals surface area contributed by atoms with E-state index in [1.54, 1.807) is 12.1 Å². The van der Waals surface area contributed by atoms with Gasteiger partial charge in [-0.1, -0.05) is 19.9 Å². The first-order valence-corrected chi connectivity index (χ1v) is 13.1. The van der Waals surface area contributed by atoms with Crippen LogP contribution in [-0.2, 0) is 21.2 Å². The van der Waals surface area contributed by atoms with Crippen LogP contribution in [0.3, 0.4) is 0 Å². The van der Waals surface area contributed by atoms with Crippen molar-refractivity contribution in [3.63, 3.8) is 0 Å². The minimum atomic E-state index is -3.38. The van der Waals surface area contributed by atoms with E-state index < -0.39 is 9.84 Å². The second-order valence-electron chi connectivity index (χ2n) is 9.35. The van der Waals surface area contributed by atoms with Crippen LogP contribution in [-0.4, -0.2) is 70.1 Å². The molecule has 3 rings (SSSR count). The van der Waals surface area contributed by atoms with Gasteiger partial charge in [0.05, 0.1) is 17.6 Å². The van der Waals surface area contributed by atoms with Gasteiger partial charge in [-0.25, -0.2) is 8.42 Å². The third-order valence-corrected chi connectivity index (χ3v) is 8.09. The average Bonchev–Trinajstić information content (AvgIpc) is 2.73. The van der Waals surface area contributed by atoms with Gasteiger partial charge in [-0.15, -0.1) is 0 Å². The van der Waals surface area contributed by atoms with Crippen LogP contribution in [0.2, 0.25) is 0 Å². The van der Waals surface area contributed by atoms with Gasteiger partial charge in [-0.2, -0.15) is 0 Å². The molecule has 6 nitrogen and oxygen atoms in total. The Kier molecular flexibility index (Phi) is 7.82. The predicted octanol–water partition coefficient (Wildman–Crippen LogP) is 2.93. The van der Waals surface area contributed by atoms with E-state index in [4.69, 9.17) is 4.74 Å². The first-order chi connectivity index (χ1) is 14.2. The van der Waals surface area contributed by atoms with Gasteiger partial charge >= 0.3 is 0 Å². The fourth-order valence-electron chi connectivity index (χ4n) is 5.04. The summed E-state index contributed by atoms with van der Waals surface area (Å²) in [6.07, 6.45) is 6.45. The maximum Gasteiger partial charge on any atom is 0.175 e. The van der Waals surface area contributed by atoms with Crippen molar-refractivity contribution in [2.45, 2.75) is 63.2 Å². The van der Waals surface area contributed by atoms with E-state index in [1.807, 2.05) is 13.2 Å². The number of hydrogen-bond acceptors (Lipinski definition) is 6. The summed E-state index contributed by atoms with van der Waals surface area (Å²) in [5.74, 6) is 1.26. The summed E-state index contributed by atoms with van der Waals surface area (Å²) in [6.45, 7) is 8.20. The maximum atomic E-state index is 12.2. The lowest BCUT2D eigenvalue weighted by Gasteiger charge is -2.46. The number of aliphatic hydroxyl groups is 1. The minimum absolute atomic E-state index is 0.237. The van der Waals surface area contributed by atoms with E-state index in [2.05, 4.69) is 23.6 Å². The van der Waals surface area contributed by atoms with E-state index in [1.165, 1.54) is 31.9 Å². The molecular formula is C23H38N2O4S. The first-order valence-electron chi connectivity index (χ1n) is 11.2. The standard InChI is InChI=1S/C23H38N2O4S/c1-17(2)22-15-24(20-8-7-19(16-26)23(13-20)30(4,27)28)11-12-25(22)14-18-5-9-21(29-3)10-6-18/h7-8,13,17-18,21-22,26H,5-6,9-12,14-16H2,1-4H3/t18?,21?,22-/m1/s1. The zero-order chi connectivity index (χ0) is 21.9. The molecule has 30 heavy (non-hydrogen) atoms. The topological polar surface area (TPSA) is 70.1 Å². The molecule has 0 bridgehead atoms. The molecule has 0 unspecified atom stereocenters. The van der Waals surface area contributed by atoms with Crippen LogP contribution in [0.5, 0.6) is 0 Å². The van der Waals surface area contributed by atoms with Gasteiger partial charge in [0.2, 0.25) is 0 Å². The monoisotopic (exact) mass is 438 g/mol. The molecule has 1 aliphatic heterocycles. The highest BCUT2D eigenvalue weighted by molar-refractivity contribution is 7.90. The highest BCUT2D eigenvalue weighted by Gasteiger charge is 2.32. The van der Waals surface area contributed by atoms with Crippen molar-refractivity contribution in [2.24, 2.45) is 11.8 Å². The molecule has 2 aliphatic rings. The third-order valence-electron chi connectivity index (χ3n) is 6.91. The normalized spacial score (nSPS) is 26.3. The van der Waals surface area contributed by atoms with Gasteiger partial charge in [0.25, 0.3) is 0 Å². The second-order valence-corrected chi connectivity index (χ2v) is 11.3. The number of ether oxygens (including phenoxy) is 1. The molecule has 1 saturated carbocycles. The predicted molar refractivity (Wildman–Crippen MR) is 121 cm³/mol. The Morgan fingerprint density at radius 3 is 2.43 bits per heavy atom. The Labute approximate surface area is 182 Å². The number of nitrogens with zero attached hydrogens (tertiary/aromatic N) is 2. The fourth-order valence-corrected chi connectivity index (χ4v) is 5.98. The molecule has 0 spiro atoms. The van der Waals surface area contributed by atoms with Crippen molar-refractivity contribution in [2.75, 3.05) is 44.4 Å². The highest BCUT2D eigenvalue weighted by atomic mass is 32.2. The van der Waals surface area contributed by atoms with E-state index in [0.717, 1.165) is 37.8 Å². The Morgan fingerprint density at radius 1 is 1.17 bits per heavy atom. The van der Waals surface area contributed by atoms with Crippen LogP contribution in [0.25, 0.3) is 0 Å². The Morgan fingerprint density at radius 2 is 1.87 bits per heavy atom. The molecule has 1 aromatic carbocycles. The number of benzene rings is 1. The minimum Gasteiger partial charge on any atom is -0.392 e. The first kappa shape index (κ1) is 23.5. The summed E-state index contributed by atoms with van der Waals surface area (Å²) in [5, 5.41) is 9.53. The van der Waals surface area contributed by atoms with Crippen LogP contribution in [0.1, 0.15) is 45.1 Å². The maximum absolute atomic E-state index is 12.2. The van der Waals surface area contributed by atoms with Crippen LogP contribution >= 0.6 is 0 Å². The van der Waals surface area contributed by atoms with Gasteiger partial charge in [-0.3, -0.25) is 4.90 Å². The van der Waals surface area contributed by atoms with Crippen molar-refractivity contribution in [3.8, 4) is 0 Å². The summed E-state index contributed by atoms with van der Waals surface area (Å²) in [4.78, 5) is 5.19. The molecule has 170 valence electrons. The molecule has 1 N–H and O–H groups in total. The zero-order valence-electron chi connectivity index (χ0n) is 18.9. The average molecular weight is 439 g/mol. The van der Waals surface area contributed by atoms with Crippen molar-refractivity contribution in [1.29, 1.82) is 0 Å². The lowest BCUT2D eigenvalue weighted by atomic mass is 9.86. The SMILES string of the molecule is COC1CCC(CN2CCN(c3ccc(CO)c(S(C)(=O)=O)c3)C[C@@H]2C(C)C)CC1. The Bertz CT molecular complexity index is 803. The largest absolute Gasteiger partial charge is 0.392 e. The Balaban J connectivity index is 1.71. The molecule has 0 amide bonds. The van der Waals surface area contributed by atoms with E-state index in [0.29, 0.717) is 23.6 Å². The number of anilines is 1. The quantitative estimate of drug-likeness (QED) is 0.706. The molecule has 0 radical (unpaired) electrons. The van der Waals surface area contributed by atoms with E-state index in [9.17, 15) is 13.5 Å². The van der Waals surface area contributed by atoms with Crippen LogP contribution in [0.4, 0.5) is 5.69 Å². The van der Waals surface area contributed by atoms with Gasteiger partial charge < -0.3 is 14.7 Å². The smallest absolute Gasteiger partial charge is 0.175 e. The van der Waals surface area contributed by atoms with Gasteiger partial charge in [0.15, 0.2) is 9.84 Å². The number of hydrogen-bond donors (Lipinski definition) is 1. The Hall–Kier alpha value is -1.15. The second kappa shape index (κ2) is 9.98. The van der Waals surface area contributed by atoms with E-state index in [-0.39, 0.29) is 11.5 Å². The molecule has 0 aromatic heterocycles. The number of rotatable bonds is 7. The number of piperazine rings is 1. The molecule has 1 aliphatic carbocycles. The van der Waals surface area contributed by atoms with Gasteiger partial charge in [0, 0.05) is 51.3 Å². The molecule has 2 fully saturated rings. The molecular weight excluding hydrogens is 400 g/mol. The molecule has 1 atom stereocenters. The van der Waals surface area contributed by atoms with Gasteiger partial charge in [0.1, 0.15) is 0 Å². The molecule has 1 heterocycles. The highest BCUT2D eigenvalue weighted by Crippen LogP contribution is 2.31. The van der Waals surface area contributed by atoms with Gasteiger partial charge in [-0.05, 0) is 55.2 Å². The number of aliphatic hydroxyl groups excluding tert-OH is 1. The summed E-state index contributed by atoms with van der Waals surface area (Å²) in [6, 6.07) is 5.87. The van der Waals surface area contributed by atoms with Crippen LogP contribution in [0.15, 0.2) is 23.1 Å². The lowest BCUT2D eigenvalue weighted by molar-refractivity contribution is 0.0402. The van der Waals surface area contributed by atoms with Crippen molar-refractivity contribution in [3.05, 3.63) is 23.8 Å². The third kappa shape index (κ3) is 5.55. The van der Waals surface area contributed by atoms with E-state index >= 15 is 0 Å². The van der Waals surface area contributed by atoms with Crippen molar-refractivity contribution >= 4 is 15.5 Å². The summed E-state index contributed by atoms with van der Waals surface area (Å²) in [5.41, 5.74) is 1.39. The summed E-state index contributed by atoms with van der Waals surface area (Å²) < 4.78 is 29.9. The van der Waals surface area contributed by atoms with Crippen molar-refractivity contribution < 1.29 is 18.3 Å². The van der Waals surface area contributed by atoms with Crippen LogP contribution in [0, 0.1) is 11.8 Å². The number of sulfone groups is 1. The molecule has 7 heteroatoms. The molecule has 1 saturated heterocycles. The van der Waals surface area contributed by atoms with Crippen LogP contribution < -0.4 is 4.90 Å². The van der Waals surface area contributed by atoms with Crippen molar-refractivity contribution in [1.82, 2.24) is 4.90 Å². The zero-order valence-corrected chi connectivity index (χ0v) is 19.7.